The van der Waals surface area contributed by atoms with E-state index in [4.69, 9.17) is 11.6 Å². The second-order valence-corrected chi connectivity index (χ2v) is 11.3. The van der Waals surface area contributed by atoms with Crippen LogP contribution in [0.4, 0.5) is 11.4 Å². The van der Waals surface area contributed by atoms with Crippen LogP contribution in [-0.2, 0) is 10.0 Å². The molecule has 1 heterocycles. The Kier molecular flexibility index (Phi) is 8.19. The maximum Gasteiger partial charge on any atom is 0.263 e. The summed E-state index contributed by atoms with van der Waals surface area (Å²) in [5.74, 6) is -0.675. The molecule has 0 radical (unpaired) electrons. The molecule has 1 saturated heterocycles. The first-order valence-corrected chi connectivity index (χ1v) is 14.1. The Labute approximate surface area is 222 Å². The molecule has 1 aliphatic heterocycles. The molecule has 3 aromatic carbocycles. The molecule has 0 bridgehead atoms. The molecule has 7 nitrogen and oxygen atoms in total. The van der Waals surface area contributed by atoms with Crippen LogP contribution in [0.25, 0.3) is 0 Å². The number of para-hydroxylation sites is 1. The van der Waals surface area contributed by atoms with Crippen LogP contribution in [0.2, 0.25) is 5.02 Å². The lowest BCUT2D eigenvalue weighted by Gasteiger charge is -2.22. The van der Waals surface area contributed by atoms with Crippen LogP contribution in [0, 0.1) is 13.8 Å². The summed E-state index contributed by atoms with van der Waals surface area (Å²) >= 11 is 6.24. The molecule has 4 rings (SSSR count). The summed E-state index contributed by atoms with van der Waals surface area (Å²) in [6.07, 6.45) is 4.11. The fraction of sp³-hybridized carbons (Fsp3) is 0.286. The van der Waals surface area contributed by atoms with E-state index in [0.717, 1.165) is 36.8 Å². The number of nitrogens with zero attached hydrogens (tertiary/aromatic N) is 1. The summed E-state index contributed by atoms with van der Waals surface area (Å²) in [5, 5.41) is 2.77. The molecule has 3 aromatic rings. The highest BCUT2D eigenvalue weighted by atomic mass is 35.5. The number of nitrogens with one attached hydrogen (secondary N) is 2. The van der Waals surface area contributed by atoms with Gasteiger partial charge in [-0.2, -0.15) is 0 Å². The van der Waals surface area contributed by atoms with E-state index in [1.165, 1.54) is 18.2 Å². The average Bonchev–Trinajstić information content (AvgIpc) is 3.15. The van der Waals surface area contributed by atoms with Crippen molar-refractivity contribution in [1.29, 1.82) is 0 Å². The van der Waals surface area contributed by atoms with E-state index in [-0.39, 0.29) is 21.4 Å². The highest BCUT2D eigenvalue weighted by Gasteiger charge is 2.23. The van der Waals surface area contributed by atoms with Crippen LogP contribution in [0.5, 0.6) is 0 Å². The van der Waals surface area contributed by atoms with Gasteiger partial charge in [0.05, 0.1) is 22.0 Å². The lowest BCUT2D eigenvalue weighted by molar-refractivity contribution is 0.0762. The number of anilines is 2. The summed E-state index contributed by atoms with van der Waals surface area (Å²) in [5.41, 5.74) is 3.07. The minimum absolute atomic E-state index is 0.00874. The minimum Gasteiger partial charge on any atom is -0.339 e. The molecule has 9 heteroatoms. The Balaban J connectivity index is 1.58. The summed E-state index contributed by atoms with van der Waals surface area (Å²) < 4.78 is 28.9. The van der Waals surface area contributed by atoms with Crippen LogP contribution < -0.4 is 10.0 Å². The number of hydrogen-bond donors (Lipinski definition) is 2. The van der Waals surface area contributed by atoms with Crippen molar-refractivity contribution in [3.05, 3.63) is 87.9 Å². The zero-order chi connectivity index (χ0) is 26.6. The third-order valence-corrected chi connectivity index (χ3v) is 8.26. The molecular weight excluding hydrogens is 510 g/mol. The van der Waals surface area contributed by atoms with Gasteiger partial charge in [0.25, 0.3) is 21.8 Å². The largest absolute Gasteiger partial charge is 0.339 e. The van der Waals surface area contributed by atoms with Gasteiger partial charge in [-0.25, -0.2) is 8.42 Å². The molecule has 0 aromatic heterocycles. The molecule has 1 aliphatic rings. The summed E-state index contributed by atoms with van der Waals surface area (Å²) in [6, 6.07) is 16.3. The Morgan fingerprint density at radius 3 is 2.27 bits per heavy atom. The first-order chi connectivity index (χ1) is 17.7. The van der Waals surface area contributed by atoms with Crippen molar-refractivity contribution in [2.75, 3.05) is 23.1 Å². The van der Waals surface area contributed by atoms with E-state index < -0.39 is 15.9 Å². The first kappa shape index (κ1) is 26.7. The lowest BCUT2D eigenvalue weighted by Crippen LogP contribution is -2.32. The predicted octanol–water partition coefficient (Wildman–Crippen LogP) is 6.03. The van der Waals surface area contributed by atoms with Gasteiger partial charge in [-0.15, -0.1) is 0 Å². The number of carbonyl (C=O) groups excluding carboxylic acids is 2. The molecule has 0 atom stereocenters. The van der Waals surface area contributed by atoms with E-state index in [9.17, 15) is 18.0 Å². The van der Waals surface area contributed by atoms with Gasteiger partial charge in [0.1, 0.15) is 4.90 Å². The van der Waals surface area contributed by atoms with Crippen molar-refractivity contribution < 1.29 is 18.0 Å². The summed E-state index contributed by atoms with van der Waals surface area (Å²) in [6.45, 7) is 5.10. The molecule has 37 heavy (non-hydrogen) atoms. The van der Waals surface area contributed by atoms with Crippen molar-refractivity contribution in [1.82, 2.24) is 4.90 Å². The zero-order valence-corrected chi connectivity index (χ0v) is 22.5. The van der Waals surface area contributed by atoms with Crippen LogP contribution >= 0.6 is 11.6 Å². The number of carbonyl (C=O) groups is 2. The van der Waals surface area contributed by atoms with E-state index in [1.807, 2.05) is 17.9 Å². The number of halogens is 1. The van der Waals surface area contributed by atoms with Gasteiger partial charge in [-0.05, 0) is 68.7 Å². The first-order valence-electron chi connectivity index (χ1n) is 12.2. The number of amides is 2. The van der Waals surface area contributed by atoms with Crippen molar-refractivity contribution in [2.45, 2.75) is 44.4 Å². The molecule has 1 fully saturated rings. The van der Waals surface area contributed by atoms with Gasteiger partial charge in [0.2, 0.25) is 0 Å². The number of hydrogen-bond acceptors (Lipinski definition) is 4. The monoisotopic (exact) mass is 539 g/mol. The molecule has 0 saturated carbocycles. The molecule has 194 valence electrons. The average molecular weight is 540 g/mol. The van der Waals surface area contributed by atoms with Gasteiger partial charge < -0.3 is 10.2 Å². The fourth-order valence-electron chi connectivity index (χ4n) is 4.40. The third-order valence-electron chi connectivity index (χ3n) is 6.41. The number of rotatable bonds is 6. The smallest absolute Gasteiger partial charge is 0.263 e. The van der Waals surface area contributed by atoms with E-state index in [2.05, 4.69) is 10.0 Å². The summed E-state index contributed by atoms with van der Waals surface area (Å²) in [4.78, 5) is 28.0. The normalized spacial score (nSPS) is 14.1. The Bertz CT molecular complexity index is 1430. The molecule has 0 spiro atoms. The molecule has 0 aliphatic carbocycles. The quantitative estimate of drug-likeness (QED) is 0.400. The Morgan fingerprint density at radius 1 is 0.865 bits per heavy atom. The maximum atomic E-state index is 13.2. The molecule has 0 unspecified atom stereocenters. The second-order valence-electron chi connectivity index (χ2n) is 9.28. The van der Waals surface area contributed by atoms with Crippen molar-refractivity contribution >= 4 is 44.8 Å². The Hall–Kier alpha value is -3.36. The third kappa shape index (κ3) is 6.32. The fourth-order valence-corrected chi connectivity index (χ4v) is 6.05. The lowest BCUT2D eigenvalue weighted by atomic mass is 10.1. The van der Waals surface area contributed by atoms with Gasteiger partial charge >= 0.3 is 0 Å². The van der Waals surface area contributed by atoms with Crippen molar-refractivity contribution in [3.63, 3.8) is 0 Å². The number of sulfonamides is 1. The van der Waals surface area contributed by atoms with Crippen LogP contribution in [0.3, 0.4) is 0 Å². The standard InChI is InChI=1S/C28H30ClN3O4S/c1-19-11-14-24(20(2)17-19)31-37(35,36)26-18-21(12-13-23(26)29)27(33)30-25-10-6-5-9-22(25)28(34)32-15-7-3-4-8-16-32/h5-6,9-14,17-18,31H,3-4,7-8,15-16H2,1-2H3,(H,30,33). The number of benzene rings is 3. The van der Waals surface area contributed by atoms with Crippen LogP contribution in [0.1, 0.15) is 57.5 Å². The Morgan fingerprint density at radius 2 is 1.57 bits per heavy atom. The topological polar surface area (TPSA) is 95.6 Å². The molecule has 2 amide bonds. The van der Waals surface area contributed by atoms with Gasteiger partial charge in [-0.1, -0.05) is 54.3 Å². The van der Waals surface area contributed by atoms with Crippen LogP contribution in [0.15, 0.2) is 65.6 Å². The van der Waals surface area contributed by atoms with E-state index >= 15 is 0 Å². The SMILES string of the molecule is Cc1ccc(NS(=O)(=O)c2cc(C(=O)Nc3ccccc3C(=O)N3CCCCCC3)ccc2Cl)c(C)c1. The van der Waals surface area contributed by atoms with Gasteiger partial charge in [0, 0.05) is 18.7 Å². The number of aryl methyl sites for hydroxylation is 2. The summed E-state index contributed by atoms with van der Waals surface area (Å²) in [7, 11) is -4.07. The van der Waals surface area contributed by atoms with E-state index in [1.54, 1.807) is 43.3 Å². The van der Waals surface area contributed by atoms with Crippen LogP contribution in [-0.4, -0.2) is 38.2 Å². The second kappa shape index (κ2) is 11.4. The maximum absolute atomic E-state index is 13.2. The van der Waals surface area contributed by atoms with Gasteiger partial charge in [0.15, 0.2) is 0 Å². The minimum atomic E-state index is -4.07. The number of likely N-dealkylation sites (tertiary alicyclic amines) is 1. The van der Waals surface area contributed by atoms with Crippen molar-refractivity contribution in [2.24, 2.45) is 0 Å². The zero-order valence-electron chi connectivity index (χ0n) is 20.9. The molecule has 2 N–H and O–H groups in total. The van der Waals surface area contributed by atoms with Gasteiger partial charge in [-0.3, -0.25) is 14.3 Å². The van der Waals surface area contributed by atoms with E-state index in [0.29, 0.717) is 30.0 Å². The highest BCUT2D eigenvalue weighted by molar-refractivity contribution is 7.92. The molecular formula is C28H30ClN3O4S. The highest BCUT2D eigenvalue weighted by Crippen LogP contribution is 2.28. The van der Waals surface area contributed by atoms with Crippen molar-refractivity contribution in [3.8, 4) is 0 Å². The predicted molar refractivity (Wildman–Crippen MR) is 147 cm³/mol.